The van der Waals surface area contributed by atoms with Gasteiger partial charge in [-0.1, -0.05) is 90.5 Å². The van der Waals surface area contributed by atoms with E-state index in [2.05, 4.69) is 107 Å². The summed E-state index contributed by atoms with van der Waals surface area (Å²) in [7, 11) is 0. The van der Waals surface area contributed by atoms with E-state index in [1.54, 1.807) is 0 Å². The molecule has 0 amide bonds. The summed E-state index contributed by atoms with van der Waals surface area (Å²) in [6.45, 7) is 7.43. The highest BCUT2D eigenvalue weighted by Crippen LogP contribution is 2.30. The lowest BCUT2D eigenvalue weighted by molar-refractivity contribution is 0.211. The summed E-state index contributed by atoms with van der Waals surface area (Å²) in [6.07, 6.45) is 0.596. The zero-order valence-corrected chi connectivity index (χ0v) is 20.4. The molecule has 1 N–H and O–H groups in total. The first-order valence-electron chi connectivity index (χ1n) is 12.3. The van der Waals surface area contributed by atoms with Crippen molar-refractivity contribution >= 4 is 5.95 Å². The molecule has 1 aliphatic heterocycles. The van der Waals surface area contributed by atoms with Crippen molar-refractivity contribution in [3.05, 3.63) is 129 Å². The average molecular weight is 465 g/mol. The SMILES string of the molecule is Cc1ccc(Cc2c(C)nc(N3CCN(C(c4ccccc4)c4ccccc4)CC3)[nH]c2=O)cc1. The van der Waals surface area contributed by atoms with E-state index in [9.17, 15) is 4.79 Å². The molecule has 0 atom stereocenters. The van der Waals surface area contributed by atoms with E-state index in [1.807, 2.05) is 6.92 Å². The molecule has 35 heavy (non-hydrogen) atoms. The summed E-state index contributed by atoms with van der Waals surface area (Å²) < 4.78 is 0. The molecule has 0 aliphatic carbocycles. The Labute approximate surface area is 207 Å². The summed E-state index contributed by atoms with van der Waals surface area (Å²) in [5, 5.41) is 0. The van der Waals surface area contributed by atoms with Crippen molar-refractivity contribution < 1.29 is 0 Å². The first-order chi connectivity index (χ1) is 17.1. The number of H-pyrrole nitrogens is 1. The minimum atomic E-state index is -0.0399. The number of hydrogen-bond acceptors (Lipinski definition) is 4. The van der Waals surface area contributed by atoms with Gasteiger partial charge in [-0.3, -0.25) is 14.7 Å². The molecule has 0 spiro atoms. The molecule has 2 heterocycles. The van der Waals surface area contributed by atoms with Crippen LogP contribution in [-0.4, -0.2) is 41.0 Å². The standard InChI is InChI=1S/C30H32N4O/c1-22-13-15-24(16-14-22)21-27-23(2)31-30(32-29(27)35)34-19-17-33(18-20-34)28(25-9-5-3-6-10-25)26-11-7-4-8-12-26/h3-16,28H,17-21H2,1-2H3,(H,31,32,35). The van der Waals surface area contributed by atoms with Crippen molar-refractivity contribution in [2.45, 2.75) is 26.3 Å². The lowest BCUT2D eigenvalue weighted by Crippen LogP contribution is -2.48. The smallest absolute Gasteiger partial charge is 0.256 e. The van der Waals surface area contributed by atoms with Crippen LogP contribution >= 0.6 is 0 Å². The zero-order chi connectivity index (χ0) is 24.2. The molecule has 3 aromatic carbocycles. The summed E-state index contributed by atoms with van der Waals surface area (Å²) in [5.41, 5.74) is 6.45. The minimum absolute atomic E-state index is 0.0399. The van der Waals surface area contributed by atoms with E-state index >= 15 is 0 Å². The topological polar surface area (TPSA) is 52.2 Å². The van der Waals surface area contributed by atoms with Crippen LogP contribution in [0.4, 0.5) is 5.95 Å². The maximum absolute atomic E-state index is 13.0. The third kappa shape index (κ3) is 5.20. The fourth-order valence-electron chi connectivity index (χ4n) is 4.94. The Balaban J connectivity index is 1.32. The van der Waals surface area contributed by atoms with E-state index in [-0.39, 0.29) is 11.6 Å². The largest absolute Gasteiger partial charge is 0.340 e. The minimum Gasteiger partial charge on any atom is -0.340 e. The molecule has 4 aromatic rings. The van der Waals surface area contributed by atoms with Gasteiger partial charge >= 0.3 is 0 Å². The van der Waals surface area contributed by atoms with Crippen LogP contribution in [0.15, 0.2) is 89.7 Å². The van der Waals surface area contributed by atoms with Crippen LogP contribution in [0.1, 0.15) is 39.6 Å². The quantitative estimate of drug-likeness (QED) is 0.442. The Kier molecular flexibility index (Phi) is 6.77. The zero-order valence-electron chi connectivity index (χ0n) is 20.4. The number of aromatic amines is 1. The first kappa shape index (κ1) is 23.1. The van der Waals surface area contributed by atoms with Crippen molar-refractivity contribution in [1.82, 2.24) is 14.9 Å². The average Bonchev–Trinajstić information content (AvgIpc) is 2.89. The van der Waals surface area contributed by atoms with Crippen LogP contribution in [0.2, 0.25) is 0 Å². The van der Waals surface area contributed by atoms with E-state index in [4.69, 9.17) is 4.98 Å². The predicted molar refractivity (Wildman–Crippen MR) is 142 cm³/mol. The molecular formula is C30H32N4O. The van der Waals surface area contributed by atoms with Crippen LogP contribution in [0, 0.1) is 13.8 Å². The molecule has 1 fully saturated rings. The molecule has 178 valence electrons. The first-order valence-corrected chi connectivity index (χ1v) is 12.3. The third-order valence-corrected chi connectivity index (χ3v) is 6.92. The second-order valence-corrected chi connectivity index (χ2v) is 9.36. The number of benzene rings is 3. The van der Waals surface area contributed by atoms with Crippen LogP contribution in [0.3, 0.4) is 0 Å². The van der Waals surface area contributed by atoms with E-state index in [1.165, 1.54) is 16.7 Å². The van der Waals surface area contributed by atoms with Gasteiger partial charge in [0.1, 0.15) is 0 Å². The summed E-state index contributed by atoms with van der Waals surface area (Å²) in [6, 6.07) is 29.9. The second-order valence-electron chi connectivity index (χ2n) is 9.36. The second kappa shape index (κ2) is 10.3. The Morgan fingerprint density at radius 1 is 0.800 bits per heavy atom. The molecule has 1 saturated heterocycles. The van der Waals surface area contributed by atoms with Gasteiger partial charge in [-0.15, -0.1) is 0 Å². The van der Waals surface area contributed by atoms with Crippen molar-refractivity contribution in [3.8, 4) is 0 Å². The number of rotatable bonds is 6. The van der Waals surface area contributed by atoms with Gasteiger partial charge in [0.25, 0.3) is 5.56 Å². The van der Waals surface area contributed by atoms with Gasteiger partial charge < -0.3 is 4.90 Å². The Morgan fingerprint density at radius 2 is 1.37 bits per heavy atom. The molecule has 5 rings (SSSR count). The summed E-state index contributed by atoms with van der Waals surface area (Å²) in [4.78, 5) is 25.6. The Morgan fingerprint density at radius 3 is 1.91 bits per heavy atom. The molecule has 5 nitrogen and oxygen atoms in total. The van der Waals surface area contributed by atoms with Crippen LogP contribution in [-0.2, 0) is 6.42 Å². The number of aromatic nitrogens is 2. The molecule has 0 saturated carbocycles. The monoisotopic (exact) mass is 464 g/mol. The van der Waals surface area contributed by atoms with Crippen molar-refractivity contribution in [3.63, 3.8) is 0 Å². The van der Waals surface area contributed by atoms with Gasteiger partial charge in [0.2, 0.25) is 5.95 Å². The highest BCUT2D eigenvalue weighted by Gasteiger charge is 2.27. The van der Waals surface area contributed by atoms with Gasteiger partial charge in [0.05, 0.1) is 11.7 Å². The Hall–Kier alpha value is -3.70. The van der Waals surface area contributed by atoms with Gasteiger partial charge in [-0.2, -0.15) is 0 Å². The number of hydrogen-bond donors (Lipinski definition) is 1. The predicted octanol–water partition coefficient (Wildman–Crippen LogP) is 4.89. The van der Waals surface area contributed by atoms with Gasteiger partial charge in [-0.05, 0) is 30.5 Å². The number of aryl methyl sites for hydroxylation is 2. The fourth-order valence-corrected chi connectivity index (χ4v) is 4.94. The number of anilines is 1. The highest BCUT2D eigenvalue weighted by atomic mass is 16.1. The van der Waals surface area contributed by atoms with Gasteiger partial charge in [0, 0.05) is 38.2 Å². The molecular weight excluding hydrogens is 432 g/mol. The normalized spacial score (nSPS) is 14.4. The van der Waals surface area contributed by atoms with Crippen LogP contribution in [0.5, 0.6) is 0 Å². The van der Waals surface area contributed by atoms with Crippen molar-refractivity contribution in [1.29, 1.82) is 0 Å². The van der Waals surface area contributed by atoms with E-state index in [0.29, 0.717) is 12.4 Å². The molecule has 1 aliphatic rings. The Bertz CT molecular complexity index is 1270. The summed E-state index contributed by atoms with van der Waals surface area (Å²) >= 11 is 0. The maximum atomic E-state index is 13.0. The van der Waals surface area contributed by atoms with E-state index in [0.717, 1.165) is 43.0 Å². The van der Waals surface area contributed by atoms with Crippen LogP contribution < -0.4 is 10.5 Å². The van der Waals surface area contributed by atoms with Crippen molar-refractivity contribution in [2.24, 2.45) is 0 Å². The molecule has 0 radical (unpaired) electrons. The lowest BCUT2D eigenvalue weighted by atomic mass is 9.96. The molecule has 0 bridgehead atoms. The van der Waals surface area contributed by atoms with Gasteiger partial charge in [0.15, 0.2) is 0 Å². The third-order valence-electron chi connectivity index (χ3n) is 6.92. The van der Waals surface area contributed by atoms with E-state index < -0.39 is 0 Å². The lowest BCUT2D eigenvalue weighted by Gasteiger charge is -2.40. The fraction of sp³-hybridized carbons (Fsp3) is 0.267. The van der Waals surface area contributed by atoms with Crippen LogP contribution in [0.25, 0.3) is 0 Å². The molecule has 1 aromatic heterocycles. The molecule has 0 unspecified atom stereocenters. The number of piperazine rings is 1. The highest BCUT2D eigenvalue weighted by molar-refractivity contribution is 5.37. The summed E-state index contributed by atoms with van der Waals surface area (Å²) in [5.74, 6) is 0.677. The maximum Gasteiger partial charge on any atom is 0.256 e. The van der Waals surface area contributed by atoms with Crippen molar-refractivity contribution in [2.75, 3.05) is 31.1 Å². The number of nitrogens with zero attached hydrogens (tertiary/aromatic N) is 3. The van der Waals surface area contributed by atoms with Gasteiger partial charge in [-0.25, -0.2) is 4.98 Å². The molecule has 5 heteroatoms. The number of nitrogens with one attached hydrogen (secondary N) is 1.